The number of hydrogen-bond acceptors (Lipinski definition) is 5. The summed E-state index contributed by atoms with van der Waals surface area (Å²) in [7, 11) is 0. The molecule has 2 N–H and O–H groups in total. The summed E-state index contributed by atoms with van der Waals surface area (Å²) in [5.41, 5.74) is 3.03. The number of benzene rings is 2. The molecule has 0 aromatic heterocycles. The molecular formula is C22H26N2O5. The Balaban J connectivity index is 1.74. The van der Waals surface area contributed by atoms with Gasteiger partial charge in [-0.05, 0) is 61.7 Å². The molecule has 0 saturated carbocycles. The monoisotopic (exact) mass is 398 g/mol. The SMILES string of the molecule is CCCOc1ccc(C(=O)OCC(=O)NCC(=O)Nc2cccc(C)c2C)cc1. The van der Waals surface area contributed by atoms with Gasteiger partial charge in [-0.3, -0.25) is 9.59 Å². The fraction of sp³-hybridized carbons (Fsp3) is 0.318. The fourth-order valence-corrected chi connectivity index (χ4v) is 2.43. The highest BCUT2D eigenvalue weighted by Gasteiger charge is 2.12. The zero-order valence-corrected chi connectivity index (χ0v) is 16.9. The highest BCUT2D eigenvalue weighted by atomic mass is 16.5. The van der Waals surface area contributed by atoms with E-state index in [1.54, 1.807) is 30.3 Å². The quantitative estimate of drug-likeness (QED) is 0.634. The predicted molar refractivity (Wildman–Crippen MR) is 110 cm³/mol. The third-order valence-corrected chi connectivity index (χ3v) is 4.22. The lowest BCUT2D eigenvalue weighted by Crippen LogP contribution is -2.35. The van der Waals surface area contributed by atoms with Crippen LogP contribution in [0.5, 0.6) is 5.75 Å². The van der Waals surface area contributed by atoms with E-state index < -0.39 is 18.5 Å². The zero-order valence-electron chi connectivity index (χ0n) is 16.9. The zero-order chi connectivity index (χ0) is 21.2. The Morgan fingerprint density at radius 1 is 0.966 bits per heavy atom. The fourth-order valence-electron chi connectivity index (χ4n) is 2.43. The molecule has 0 bridgehead atoms. The molecular weight excluding hydrogens is 372 g/mol. The summed E-state index contributed by atoms with van der Waals surface area (Å²) in [6.45, 7) is 5.78. The Bertz CT molecular complexity index is 862. The Kier molecular flexibility index (Phi) is 8.21. The topological polar surface area (TPSA) is 93.7 Å². The van der Waals surface area contributed by atoms with Crippen molar-refractivity contribution in [3.63, 3.8) is 0 Å². The molecule has 0 aliphatic carbocycles. The molecule has 0 heterocycles. The van der Waals surface area contributed by atoms with Crippen molar-refractivity contribution in [2.24, 2.45) is 0 Å². The standard InChI is InChI=1S/C22H26N2O5/c1-4-12-28-18-10-8-17(9-11-18)22(27)29-14-21(26)23-13-20(25)24-19-7-5-6-15(2)16(19)3/h5-11H,4,12-14H2,1-3H3,(H,23,26)(H,24,25). The average Bonchev–Trinajstić information content (AvgIpc) is 2.72. The molecule has 7 nitrogen and oxygen atoms in total. The van der Waals surface area contributed by atoms with Gasteiger partial charge in [0.2, 0.25) is 5.91 Å². The van der Waals surface area contributed by atoms with Gasteiger partial charge in [-0.15, -0.1) is 0 Å². The maximum Gasteiger partial charge on any atom is 0.338 e. The lowest BCUT2D eigenvalue weighted by atomic mass is 10.1. The molecule has 0 saturated heterocycles. The van der Waals surface area contributed by atoms with Crippen LogP contribution >= 0.6 is 0 Å². The molecule has 2 rings (SSSR count). The summed E-state index contributed by atoms with van der Waals surface area (Å²) < 4.78 is 10.4. The van der Waals surface area contributed by atoms with Gasteiger partial charge >= 0.3 is 5.97 Å². The van der Waals surface area contributed by atoms with Crippen LogP contribution in [0.15, 0.2) is 42.5 Å². The van der Waals surface area contributed by atoms with Crippen molar-refractivity contribution in [2.75, 3.05) is 25.1 Å². The normalized spacial score (nSPS) is 10.2. The Morgan fingerprint density at radius 2 is 1.69 bits per heavy atom. The van der Waals surface area contributed by atoms with Crippen LogP contribution in [0, 0.1) is 13.8 Å². The second-order valence-electron chi connectivity index (χ2n) is 6.52. The van der Waals surface area contributed by atoms with E-state index in [2.05, 4.69) is 10.6 Å². The first kappa shape index (κ1) is 21.9. The number of esters is 1. The van der Waals surface area contributed by atoms with E-state index in [0.29, 0.717) is 23.6 Å². The Hall–Kier alpha value is -3.35. The van der Waals surface area contributed by atoms with Gasteiger partial charge in [0.05, 0.1) is 18.7 Å². The summed E-state index contributed by atoms with van der Waals surface area (Å²) >= 11 is 0. The lowest BCUT2D eigenvalue weighted by Gasteiger charge is -2.11. The molecule has 0 unspecified atom stereocenters. The van der Waals surface area contributed by atoms with Crippen molar-refractivity contribution >= 4 is 23.5 Å². The van der Waals surface area contributed by atoms with Crippen molar-refractivity contribution in [2.45, 2.75) is 27.2 Å². The van der Waals surface area contributed by atoms with Crippen molar-refractivity contribution in [1.82, 2.24) is 5.32 Å². The maximum absolute atomic E-state index is 12.0. The van der Waals surface area contributed by atoms with Crippen LogP contribution < -0.4 is 15.4 Å². The smallest absolute Gasteiger partial charge is 0.338 e. The molecule has 0 spiro atoms. The van der Waals surface area contributed by atoms with E-state index in [4.69, 9.17) is 9.47 Å². The van der Waals surface area contributed by atoms with Crippen molar-refractivity contribution in [3.05, 3.63) is 59.2 Å². The van der Waals surface area contributed by atoms with Crippen LogP contribution in [0.1, 0.15) is 34.8 Å². The minimum absolute atomic E-state index is 0.215. The summed E-state index contributed by atoms with van der Waals surface area (Å²) in [6.07, 6.45) is 0.890. The molecule has 0 aliphatic rings. The molecule has 7 heteroatoms. The van der Waals surface area contributed by atoms with Gasteiger partial charge in [-0.1, -0.05) is 19.1 Å². The molecule has 2 aromatic rings. The predicted octanol–water partition coefficient (Wildman–Crippen LogP) is 3.00. The Labute approximate surface area is 170 Å². The van der Waals surface area contributed by atoms with Gasteiger partial charge < -0.3 is 20.1 Å². The highest BCUT2D eigenvalue weighted by molar-refractivity contribution is 5.96. The van der Waals surface area contributed by atoms with E-state index in [0.717, 1.165) is 17.5 Å². The molecule has 0 fully saturated rings. The minimum atomic E-state index is -0.623. The average molecular weight is 398 g/mol. The molecule has 2 aromatic carbocycles. The Morgan fingerprint density at radius 3 is 2.38 bits per heavy atom. The second-order valence-corrected chi connectivity index (χ2v) is 6.52. The van der Waals surface area contributed by atoms with Crippen LogP contribution in [-0.4, -0.2) is 37.5 Å². The summed E-state index contributed by atoms with van der Waals surface area (Å²) in [5.74, 6) is -0.878. The van der Waals surface area contributed by atoms with E-state index in [9.17, 15) is 14.4 Å². The summed E-state index contributed by atoms with van der Waals surface area (Å²) in [5, 5.41) is 5.17. The number of amides is 2. The van der Waals surface area contributed by atoms with Gasteiger partial charge in [0, 0.05) is 5.69 Å². The molecule has 0 aliphatic heterocycles. The van der Waals surface area contributed by atoms with E-state index >= 15 is 0 Å². The van der Waals surface area contributed by atoms with Gasteiger partial charge in [0.1, 0.15) is 5.75 Å². The minimum Gasteiger partial charge on any atom is -0.494 e. The number of hydrogen-bond donors (Lipinski definition) is 2. The van der Waals surface area contributed by atoms with Gasteiger partial charge in [0.25, 0.3) is 5.91 Å². The summed E-state index contributed by atoms with van der Waals surface area (Å²) in [4.78, 5) is 35.8. The number of aryl methyl sites for hydroxylation is 1. The summed E-state index contributed by atoms with van der Waals surface area (Å²) in [6, 6.07) is 12.1. The number of rotatable bonds is 9. The molecule has 2 amide bonds. The molecule has 0 atom stereocenters. The third-order valence-electron chi connectivity index (χ3n) is 4.22. The van der Waals surface area contributed by atoms with Crippen molar-refractivity contribution in [3.8, 4) is 5.75 Å². The lowest BCUT2D eigenvalue weighted by molar-refractivity contribution is -0.126. The molecule has 29 heavy (non-hydrogen) atoms. The number of carbonyl (C=O) groups excluding carboxylic acids is 3. The van der Waals surface area contributed by atoms with Crippen LogP contribution in [0.3, 0.4) is 0 Å². The number of anilines is 1. The van der Waals surface area contributed by atoms with Crippen LogP contribution in [0.2, 0.25) is 0 Å². The largest absolute Gasteiger partial charge is 0.494 e. The first-order valence-electron chi connectivity index (χ1n) is 9.43. The maximum atomic E-state index is 12.0. The second kappa shape index (κ2) is 10.8. The van der Waals surface area contributed by atoms with Crippen LogP contribution in [-0.2, 0) is 14.3 Å². The number of carbonyl (C=O) groups is 3. The van der Waals surface area contributed by atoms with Gasteiger partial charge in [-0.25, -0.2) is 4.79 Å². The van der Waals surface area contributed by atoms with Crippen molar-refractivity contribution < 1.29 is 23.9 Å². The third kappa shape index (κ3) is 6.95. The van der Waals surface area contributed by atoms with E-state index in [-0.39, 0.29) is 12.5 Å². The van der Waals surface area contributed by atoms with Crippen LogP contribution in [0.4, 0.5) is 5.69 Å². The first-order chi connectivity index (χ1) is 13.9. The van der Waals surface area contributed by atoms with Gasteiger partial charge in [0.15, 0.2) is 6.61 Å². The molecule has 0 radical (unpaired) electrons. The van der Waals surface area contributed by atoms with E-state index in [1.165, 1.54) is 0 Å². The highest BCUT2D eigenvalue weighted by Crippen LogP contribution is 2.17. The molecule has 154 valence electrons. The first-order valence-corrected chi connectivity index (χ1v) is 9.43. The van der Waals surface area contributed by atoms with Gasteiger partial charge in [-0.2, -0.15) is 0 Å². The van der Waals surface area contributed by atoms with Crippen molar-refractivity contribution in [1.29, 1.82) is 0 Å². The van der Waals surface area contributed by atoms with Crippen LogP contribution in [0.25, 0.3) is 0 Å². The number of ether oxygens (including phenoxy) is 2. The van der Waals surface area contributed by atoms with E-state index in [1.807, 2.05) is 32.9 Å². The number of nitrogens with one attached hydrogen (secondary N) is 2.